The lowest BCUT2D eigenvalue weighted by molar-refractivity contribution is 0.202. The fourth-order valence-electron chi connectivity index (χ4n) is 3.17. The standard InChI is InChI=1S/C19H27N5O/c1-14-6-8-15(9-7-14)21-17-16(10-13-25-2)18(23-19(20)22-17)24-11-4-3-5-12-24/h6-9H,3-5,10-13H2,1-2H3,(H3,20,21,22,23). The molecule has 2 heterocycles. The van der Waals surface area contributed by atoms with Crippen molar-refractivity contribution in [2.45, 2.75) is 32.6 Å². The first kappa shape index (κ1) is 17.5. The first-order valence-corrected chi connectivity index (χ1v) is 8.91. The summed E-state index contributed by atoms with van der Waals surface area (Å²) in [5, 5.41) is 3.42. The first-order valence-electron chi connectivity index (χ1n) is 8.91. The van der Waals surface area contributed by atoms with Crippen molar-refractivity contribution in [2.75, 3.05) is 42.8 Å². The monoisotopic (exact) mass is 341 g/mol. The molecule has 0 atom stereocenters. The highest BCUT2D eigenvalue weighted by atomic mass is 16.5. The molecule has 134 valence electrons. The molecule has 0 saturated carbocycles. The fourth-order valence-corrected chi connectivity index (χ4v) is 3.17. The van der Waals surface area contributed by atoms with E-state index in [4.69, 9.17) is 10.5 Å². The number of methoxy groups -OCH3 is 1. The normalized spacial score (nSPS) is 14.6. The minimum Gasteiger partial charge on any atom is -0.384 e. The second-order valence-electron chi connectivity index (χ2n) is 6.51. The van der Waals surface area contributed by atoms with Crippen molar-refractivity contribution in [3.05, 3.63) is 35.4 Å². The molecule has 0 bridgehead atoms. The van der Waals surface area contributed by atoms with Gasteiger partial charge in [0.2, 0.25) is 5.95 Å². The van der Waals surface area contributed by atoms with E-state index in [2.05, 4.69) is 39.2 Å². The third-order valence-corrected chi connectivity index (χ3v) is 4.53. The molecular formula is C19H27N5O. The Kier molecular flexibility index (Phi) is 5.71. The van der Waals surface area contributed by atoms with Crippen LogP contribution in [-0.4, -0.2) is 36.8 Å². The average molecular weight is 341 g/mol. The molecule has 1 saturated heterocycles. The van der Waals surface area contributed by atoms with Crippen LogP contribution in [0.15, 0.2) is 24.3 Å². The topological polar surface area (TPSA) is 76.3 Å². The van der Waals surface area contributed by atoms with E-state index < -0.39 is 0 Å². The van der Waals surface area contributed by atoms with Gasteiger partial charge in [0, 0.05) is 37.9 Å². The Balaban J connectivity index is 1.96. The number of piperidine rings is 1. The molecule has 1 aromatic heterocycles. The summed E-state index contributed by atoms with van der Waals surface area (Å²) in [6.07, 6.45) is 4.40. The number of ether oxygens (including phenoxy) is 1. The van der Waals surface area contributed by atoms with Gasteiger partial charge >= 0.3 is 0 Å². The highest BCUT2D eigenvalue weighted by Gasteiger charge is 2.20. The SMILES string of the molecule is COCCc1c(Nc2ccc(C)cc2)nc(N)nc1N1CCCCC1. The Morgan fingerprint density at radius 2 is 1.84 bits per heavy atom. The smallest absolute Gasteiger partial charge is 0.223 e. The number of rotatable bonds is 6. The van der Waals surface area contributed by atoms with Crippen molar-refractivity contribution in [1.29, 1.82) is 0 Å². The lowest BCUT2D eigenvalue weighted by Gasteiger charge is -2.30. The van der Waals surface area contributed by atoms with Crippen molar-refractivity contribution in [3.8, 4) is 0 Å². The summed E-state index contributed by atoms with van der Waals surface area (Å²) in [6.45, 7) is 4.72. The number of nitrogen functional groups attached to an aromatic ring is 1. The molecule has 1 aliphatic heterocycles. The number of aromatic nitrogens is 2. The van der Waals surface area contributed by atoms with Gasteiger partial charge in [-0.05, 0) is 38.3 Å². The van der Waals surface area contributed by atoms with Crippen LogP contribution in [0.2, 0.25) is 0 Å². The van der Waals surface area contributed by atoms with Gasteiger partial charge in [0.15, 0.2) is 0 Å². The van der Waals surface area contributed by atoms with Crippen LogP contribution in [0.3, 0.4) is 0 Å². The number of nitrogens with zero attached hydrogens (tertiary/aromatic N) is 3. The van der Waals surface area contributed by atoms with Crippen LogP contribution in [0.25, 0.3) is 0 Å². The van der Waals surface area contributed by atoms with E-state index in [0.717, 1.165) is 42.4 Å². The molecule has 0 aliphatic carbocycles. The van der Waals surface area contributed by atoms with Gasteiger partial charge in [0.05, 0.1) is 6.61 Å². The maximum Gasteiger partial charge on any atom is 0.223 e. The van der Waals surface area contributed by atoms with Gasteiger partial charge in [-0.3, -0.25) is 0 Å². The quantitative estimate of drug-likeness (QED) is 0.840. The van der Waals surface area contributed by atoms with E-state index in [9.17, 15) is 0 Å². The highest BCUT2D eigenvalue weighted by Crippen LogP contribution is 2.30. The second kappa shape index (κ2) is 8.16. The van der Waals surface area contributed by atoms with E-state index in [1.807, 2.05) is 12.1 Å². The molecule has 3 rings (SSSR count). The Hall–Kier alpha value is -2.34. The lowest BCUT2D eigenvalue weighted by atomic mass is 10.1. The molecule has 0 radical (unpaired) electrons. The summed E-state index contributed by atoms with van der Waals surface area (Å²) in [6, 6.07) is 8.25. The maximum absolute atomic E-state index is 6.02. The Labute approximate surface area is 149 Å². The van der Waals surface area contributed by atoms with Crippen molar-refractivity contribution in [3.63, 3.8) is 0 Å². The zero-order valence-electron chi connectivity index (χ0n) is 15.1. The predicted octanol–water partition coefficient (Wildman–Crippen LogP) is 3.29. The minimum atomic E-state index is 0.302. The number of nitrogens with two attached hydrogens (primary N) is 1. The number of aryl methyl sites for hydroxylation is 1. The summed E-state index contributed by atoms with van der Waals surface area (Å²) < 4.78 is 5.31. The molecule has 3 N–H and O–H groups in total. The molecular weight excluding hydrogens is 314 g/mol. The van der Waals surface area contributed by atoms with Crippen LogP contribution in [0.5, 0.6) is 0 Å². The van der Waals surface area contributed by atoms with Gasteiger partial charge < -0.3 is 20.7 Å². The fraction of sp³-hybridized carbons (Fsp3) is 0.474. The molecule has 25 heavy (non-hydrogen) atoms. The minimum absolute atomic E-state index is 0.302. The molecule has 1 aromatic carbocycles. The molecule has 6 heteroatoms. The summed E-state index contributed by atoms with van der Waals surface area (Å²) >= 11 is 0. The molecule has 1 aliphatic rings. The molecule has 1 fully saturated rings. The Bertz CT molecular complexity index is 696. The maximum atomic E-state index is 6.02. The Morgan fingerprint density at radius 3 is 2.52 bits per heavy atom. The molecule has 6 nitrogen and oxygen atoms in total. The van der Waals surface area contributed by atoms with Gasteiger partial charge in [-0.25, -0.2) is 0 Å². The van der Waals surface area contributed by atoms with Gasteiger partial charge in [0.25, 0.3) is 0 Å². The van der Waals surface area contributed by atoms with Crippen LogP contribution < -0.4 is 16.0 Å². The number of nitrogens with one attached hydrogen (secondary N) is 1. The summed E-state index contributed by atoms with van der Waals surface area (Å²) in [4.78, 5) is 11.4. The van der Waals surface area contributed by atoms with Crippen molar-refractivity contribution in [2.24, 2.45) is 0 Å². The van der Waals surface area contributed by atoms with Crippen molar-refractivity contribution >= 4 is 23.3 Å². The average Bonchev–Trinajstić information content (AvgIpc) is 2.63. The zero-order valence-corrected chi connectivity index (χ0v) is 15.1. The van der Waals surface area contributed by atoms with E-state index in [1.165, 1.54) is 24.8 Å². The van der Waals surface area contributed by atoms with Crippen LogP contribution >= 0.6 is 0 Å². The van der Waals surface area contributed by atoms with Gasteiger partial charge in [-0.2, -0.15) is 9.97 Å². The third kappa shape index (κ3) is 4.39. The van der Waals surface area contributed by atoms with Crippen LogP contribution in [0.1, 0.15) is 30.4 Å². The first-order chi connectivity index (χ1) is 12.2. The lowest BCUT2D eigenvalue weighted by Crippen LogP contribution is -2.32. The van der Waals surface area contributed by atoms with Crippen molar-refractivity contribution < 1.29 is 4.74 Å². The second-order valence-corrected chi connectivity index (χ2v) is 6.51. The summed E-state index contributed by atoms with van der Waals surface area (Å²) in [5.41, 5.74) is 9.31. The number of anilines is 4. The molecule has 0 spiro atoms. The number of hydrogen-bond acceptors (Lipinski definition) is 6. The van der Waals surface area contributed by atoms with Crippen LogP contribution in [0, 0.1) is 6.92 Å². The van der Waals surface area contributed by atoms with Gasteiger partial charge in [-0.15, -0.1) is 0 Å². The number of benzene rings is 1. The third-order valence-electron chi connectivity index (χ3n) is 4.53. The van der Waals surface area contributed by atoms with Crippen LogP contribution in [-0.2, 0) is 11.2 Å². The zero-order chi connectivity index (χ0) is 17.6. The van der Waals surface area contributed by atoms with Gasteiger partial charge in [0.1, 0.15) is 11.6 Å². The molecule has 0 amide bonds. The summed E-state index contributed by atoms with van der Waals surface area (Å²) in [7, 11) is 1.71. The Morgan fingerprint density at radius 1 is 1.12 bits per heavy atom. The largest absolute Gasteiger partial charge is 0.384 e. The summed E-state index contributed by atoms with van der Waals surface area (Å²) in [5.74, 6) is 2.02. The van der Waals surface area contributed by atoms with E-state index >= 15 is 0 Å². The van der Waals surface area contributed by atoms with E-state index in [0.29, 0.717) is 12.6 Å². The highest BCUT2D eigenvalue weighted by molar-refractivity contribution is 5.67. The predicted molar refractivity (Wildman–Crippen MR) is 103 cm³/mol. The van der Waals surface area contributed by atoms with E-state index in [-0.39, 0.29) is 0 Å². The molecule has 0 unspecified atom stereocenters. The van der Waals surface area contributed by atoms with Crippen molar-refractivity contribution in [1.82, 2.24) is 9.97 Å². The number of hydrogen-bond donors (Lipinski definition) is 2. The van der Waals surface area contributed by atoms with E-state index in [1.54, 1.807) is 7.11 Å². The molecule has 2 aromatic rings. The van der Waals surface area contributed by atoms with Crippen LogP contribution in [0.4, 0.5) is 23.3 Å². The van der Waals surface area contributed by atoms with Gasteiger partial charge in [-0.1, -0.05) is 17.7 Å².